The second-order valence-corrected chi connectivity index (χ2v) is 8.25. The van der Waals surface area contributed by atoms with Gasteiger partial charge in [0, 0.05) is 43.0 Å². The first-order valence-corrected chi connectivity index (χ1v) is 10.5. The maximum Gasteiger partial charge on any atom is 0.151 e. The lowest BCUT2D eigenvalue weighted by Crippen LogP contribution is -2.43. The zero-order valence-electron chi connectivity index (χ0n) is 16.9. The van der Waals surface area contributed by atoms with E-state index in [0.29, 0.717) is 23.3 Å². The van der Waals surface area contributed by atoms with Crippen LogP contribution in [0.25, 0.3) is 16.9 Å². The lowest BCUT2D eigenvalue weighted by molar-refractivity contribution is 0.311. The number of aromatic nitrogens is 4. The number of phenolic OH excluding ortho intramolecular Hbond substituents is 1. The number of nitrogens with one attached hydrogen (secondary N) is 1. The van der Waals surface area contributed by atoms with Crippen LogP contribution in [0.4, 0.5) is 10.2 Å². The van der Waals surface area contributed by atoms with Gasteiger partial charge >= 0.3 is 0 Å². The Morgan fingerprint density at radius 3 is 2.67 bits per heavy atom. The predicted octanol–water partition coefficient (Wildman–Crippen LogP) is 3.20. The Labute approximate surface area is 174 Å². The van der Waals surface area contributed by atoms with Gasteiger partial charge in [-0.15, -0.1) is 10.2 Å². The normalized spacial score (nSPS) is 19.3. The molecule has 0 radical (unpaired) electrons. The fourth-order valence-corrected chi connectivity index (χ4v) is 4.16. The van der Waals surface area contributed by atoms with Crippen molar-refractivity contribution in [1.82, 2.24) is 25.1 Å². The van der Waals surface area contributed by atoms with Crippen LogP contribution in [0.1, 0.15) is 31.4 Å². The summed E-state index contributed by atoms with van der Waals surface area (Å²) in [6, 6.07) is 7.52. The highest BCUT2D eigenvalue weighted by Gasteiger charge is 2.28. The summed E-state index contributed by atoms with van der Waals surface area (Å²) >= 11 is 0. The van der Waals surface area contributed by atoms with Gasteiger partial charge in [0.05, 0.1) is 23.4 Å². The first-order valence-electron chi connectivity index (χ1n) is 10.5. The third-order valence-electron chi connectivity index (χ3n) is 6.07. The van der Waals surface area contributed by atoms with E-state index < -0.39 is 5.82 Å². The molecule has 1 saturated heterocycles. The summed E-state index contributed by atoms with van der Waals surface area (Å²) in [6.07, 6.45) is 8.22. The quantitative estimate of drug-likeness (QED) is 0.675. The molecule has 0 bridgehead atoms. The monoisotopic (exact) mass is 408 g/mol. The van der Waals surface area contributed by atoms with Gasteiger partial charge in [-0.2, -0.15) is 0 Å². The molecule has 2 fully saturated rings. The Morgan fingerprint density at radius 1 is 1.13 bits per heavy atom. The lowest BCUT2D eigenvalue weighted by Gasteiger charge is -2.29. The van der Waals surface area contributed by atoms with Crippen molar-refractivity contribution in [2.45, 2.75) is 44.7 Å². The molecule has 1 aliphatic carbocycles. The van der Waals surface area contributed by atoms with Crippen LogP contribution in [0.5, 0.6) is 5.75 Å². The fraction of sp³-hybridized carbons (Fsp3) is 0.409. The van der Waals surface area contributed by atoms with Crippen molar-refractivity contribution >= 4 is 5.82 Å². The molecule has 1 aromatic carbocycles. The number of aryl methyl sites for hydroxylation is 1. The van der Waals surface area contributed by atoms with Crippen molar-refractivity contribution in [3.63, 3.8) is 0 Å². The molecular weight excluding hydrogens is 383 g/mol. The van der Waals surface area contributed by atoms with Gasteiger partial charge in [0.25, 0.3) is 0 Å². The van der Waals surface area contributed by atoms with Crippen LogP contribution < -0.4 is 10.2 Å². The summed E-state index contributed by atoms with van der Waals surface area (Å²) in [6.45, 7) is 3.69. The predicted molar refractivity (Wildman–Crippen MR) is 112 cm³/mol. The van der Waals surface area contributed by atoms with Crippen molar-refractivity contribution < 1.29 is 9.50 Å². The van der Waals surface area contributed by atoms with Crippen molar-refractivity contribution in [3.05, 3.63) is 48.3 Å². The maximum absolute atomic E-state index is 14.7. The molecule has 5 rings (SSSR count). The molecule has 2 aromatic heterocycles. The molecule has 3 aromatic rings. The number of anilines is 1. The number of halogens is 1. The van der Waals surface area contributed by atoms with Crippen LogP contribution in [0.15, 0.2) is 36.8 Å². The standard InChI is InChI=1S/C22H25FN6O/c1-14-11-29(13-24-14)20-10-21(30)17(9-18(20)23)19-5-6-22(27-26-19)28-8-7-16(12-28)25-15-3-2-4-15/h5-6,9-11,13,15-16,25,30H,2-4,7-8,12H2,1H3. The van der Waals surface area contributed by atoms with E-state index in [0.717, 1.165) is 31.0 Å². The van der Waals surface area contributed by atoms with Gasteiger partial charge in [0.1, 0.15) is 11.6 Å². The summed E-state index contributed by atoms with van der Waals surface area (Å²) in [5, 5.41) is 22.8. The highest BCUT2D eigenvalue weighted by molar-refractivity contribution is 5.69. The molecular formula is C22H25FN6O. The summed E-state index contributed by atoms with van der Waals surface area (Å²) in [4.78, 5) is 6.32. The lowest BCUT2D eigenvalue weighted by atomic mass is 9.92. The smallest absolute Gasteiger partial charge is 0.151 e. The zero-order valence-corrected chi connectivity index (χ0v) is 16.9. The van der Waals surface area contributed by atoms with E-state index >= 15 is 0 Å². The molecule has 0 amide bonds. The summed E-state index contributed by atoms with van der Waals surface area (Å²) in [7, 11) is 0. The summed E-state index contributed by atoms with van der Waals surface area (Å²) < 4.78 is 16.2. The Balaban J connectivity index is 1.32. The average molecular weight is 408 g/mol. The number of nitrogens with zero attached hydrogens (tertiary/aromatic N) is 5. The third-order valence-corrected chi connectivity index (χ3v) is 6.07. The second kappa shape index (κ2) is 7.68. The minimum Gasteiger partial charge on any atom is -0.507 e. The molecule has 2 N–H and O–H groups in total. The molecule has 30 heavy (non-hydrogen) atoms. The van der Waals surface area contributed by atoms with Crippen molar-refractivity contribution in [2.24, 2.45) is 0 Å². The van der Waals surface area contributed by atoms with Gasteiger partial charge in [-0.3, -0.25) is 0 Å². The van der Waals surface area contributed by atoms with Crippen LogP contribution in [0, 0.1) is 12.7 Å². The Kier molecular flexibility index (Phi) is 4.86. The van der Waals surface area contributed by atoms with Crippen molar-refractivity contribution in [3.8, 4) is 22.7 Å². The molecule has 1 atom stereocenters. The Morgan fingerprint density at radius 2 is 2.00 bits per heavy atom. The van der Waals surface area contributed by atoms with Crippen molar-refractivity contribution in [2.75, 3.05) is 18.0 Å². The molecule has 1 aliphatic heterocycles. The minimum absolute atomic E-state index is 0.0502. The van der Waals surface area contributed by atoms with Gasteiger partial charge in [0.15, 0.2) is 5.82 Å². The topological polar surface area (TPSA) is 79.1 Å². The number of benzene rings is 1. The van der Waals surface area contributed by atoms with Gasteiger partial charge in [-0.1, -0.05) is 6.42 Å². The van der Waals surface area contributed by atoms with E-state index in [1.165, 1.54) is 37.7 Å². The van der Waals surface area contributed by atoms with Crippen LogP contribution in [-0.2, 0) is 0 Å². The first-order chi connectivity index (χ1) is 14.6. The molecule has 8 heteroatoms. The molecule has 156 valence electrons. The number of hydrogen-bond acceptors (Lipinski definition) is 6. The van der Waals surface area contributed by atoms with Gasteiger partial charge in [0.2, 0.25) is 0 Å². The van der Waals surface area contributed by atoms with Crippen LogP contribution in [0.2, 0.25) is 0 Å². The molecule has 1 unspecified atom stereocenters. The van der Waals surface area contributed by atoms with E-state index in [-0.39, 0.29) is 11.4 Å². The van der Waals surface area contributed by atoms with Gasteiger partial charge in [-0.05, 0) is 44.4 Å². The SMILES string of the molecule is Cc1cn(-c2cc(O)c(-c3ccc(N4CCC(NC5CCC5)C4)nn3)cc2F)cn1. The fourth-order valence-electron chi connectivity index (χ4n) is 4.16. The second-order valence-electron chi connectivity index (χ2n) is 8.25. The van der Waals surface area contributed by atoms with E-state index in [2.05, 4.69) is 25.4 Å². The van der Waals surface area contributed by atoms with Crippen LogP contribution in [-0.4, -0.2) is 50.0 Å². The summed E-state index contributed by atoms with van der Waals surface area (Å²) in [5.41, 5.74) is 1.76. The zero-order chi connectivity index (χ0) is 20.7. The van der Waals surface area contributed by atoms with Crippen LogP contribution >= 0.6 is 0 Å². The van der Waals surface area contributed by atoms with Crippen molar-refractivity contribution in [1.29, 1.82) is 0 Å². The van der Waals surface area contributed by atoms with E-state index in [4.69, 9.17) is 0 Å². The van der Waals surface area contributed by atoms with Crippen LogP contribution in [0.3, 0.4) is 0 Å². The maximum atomic E-state index is 14.7. The van der Waals surface area contributed by atoms with E-state index in [1.807, 2.05) is 13.0 Å². The van der Waals surface area contributed by atoms with Gasteiger partial charge < -0.3 is 19.9 Å². The number of rotatable bonds is 5. The highest BCUT2D eigenvalue weighted by Crippen LogP contribution is 2.32. The molecule has 0 spiro atoms. The van der Waals surface area contributed by atoms with E-state index in [1.54, 1.807) is 16.8 Å². The minimum atomic E-state index is -0.462. The Bertz CT molecular complexity index is 1050. The first kappa shape index (κ1) is 19.0. The number of imidazole rings is 1. The summed E-state index contributed by atoms with van der Waals surface area (Å²) in [5.74, 6) is 0.295. The number of hydrogen-bond donors (Lipinski definition) is 2. The third kappa shape index (κ3) is 3.63. The molecule has 7 nitrogen and oxygen atoms in total. The number of phenols is 1. The largest absolute Gasteiger partial charge is 0.507 e. The molecule has 3 heterocycles. The Hall–Kier alpha value is -3.00. The number of aromatic hydroxyl groups is 1. The molecule has 1 saturated carbocycles. The van der Waals surface area contributed by atoms with Gasteiger partial charge in [-0.25, -0.2) is 9.37 Å². The highest BCUT2D eigenvalue weighted by atomic mass is 19.1. The molecule has 2 aliphatic rings. The average Bonchev–Trinajstić information content (AvgIpc) is 3.35. The van der Waals surface area contributed by atoms with E-state index in [9.17, 15) is 9.50 Å².